The van der Waals surface area contributed by atoms with Gasteiger partial charge in [-0.05, 0) is 58.7 Å². The largest absolute Gasteiger partial charge is 0.317 e. The van der Waals surface area contributed by atoms with Crippen LogP contribution in [-0.2, 0) is 0 Å². The second kappa shape index (κ2) is 8.10. The summed E-state index contributed by atoms with van der Waals surface area (Å²) in [4.78, 5) is 2.64. The van der Waals surface area contributed by atoms with Crippen LogP contribution in [0.5, 0.6) is 0 Å². The van der Waals surface area contributed by atoms with Crippen LogP contribution in [0.1, 0.15) is 59.3 Å². The Kier molecular flexibility index (Phi) is 7.14. The van der Waals surface area contributed by atoms with Crippen LogP contribution in [0.2, 0.25) is 0 Å². The maximum absolute atomic E-state index is 3.41. The summed E-state index contributed by atoms with van der Waals surface area (Å²) in [7, 11) is 2.33. The van der Waals surface area contributed by atoms with E-state index in [9.17, 15) is 0 Å². The van der Waals surface area contributed by atoms with Gasteiger partial charge in [0.05, 0.1) is 0 Å². The molecule has 1 rings (SSSR count). The van der Waals surface area contributed by atoms with Crippen molar-refractivity contribution in [2.75, 3.05) is 20.1 Å². The smallest absolute Gasteiger partial charge is 0.00975 e. The molecule has 0 saturated heterocycles. The minimum atomic E-state index is 0.740. The molecule has 0 aliphatic heterocycles. The van der Waals surface area contributed by atoms with Crippen molar-refractivity contribution < 1.29 is 0 Å². The lowest BCUT2D eigenvalue weighted by Gasteiger charge is -2.37. The van der Waals surface area contributed by atoms with E-state index in [1.807, 2.05) is 0 Å². The molecule has 1 N–H and O–H groups in total. The third-order valence-electron chi connectivity index (χ3n) is 4.41. The first-order chi connectivity index (χ1) is 8.15. The Bertz CT molecular complexity index is 193. The number of nitrogens with one attached hydrogen (secondary N) is 1. The average Bonchev–Trinajstić information content (AvgIpc) is 2.33. The minimum absolute atomic E-state index is 0.740. The Hall–Kier alpha value is -0.0800. The van der Waals surface area contributed by atoms with Crippen molar-refractivity contribution in [1.82, 2.24) is 10.2 Å². The van der Waals surface area contributed by atoms with E-state index in [-0.39, 0.29) is 0 Å². The quantitative estimate of drug-likeness (QED) is 0.687. The maximum atomic E-state index is 3.41. The van der Waals surface area contributed by atoms with Gasteiger partial charge in [-0.3, -0.25) is 0 Å². The van der Waals surface area contributed by atoms with E-state index in [0.717, 1.165) is 24.5 Å². The number of hydrogen-bond donors (Lipinski definition) is 1. The van der Waals surface area contributed by atoms with Crippen LogP contribution in [0, 0.1) is 5.92 Å². The van der Waals surface area contributed by atoms with Crippen LogP contribution >= 0.6 is 0 Å². The topological polar surface area (TPSA) is 15.3 Å². The summed E-state index contributed by atoms with van der Waals surface area (Å²) >= 11 is 0. The molecule has 0 heterocycles. The van der Waals surface area contributed by atoms with Crippen LogP contribution in [0.4, 0.5) is 0 Å². The second-order valence-corrected chi connectivity index (χ2v) is 5.94. The average molecular weight is 240 g/mol. The molecule has 0 amide bonds. The van der Waals surface area contributed by atoms with E-state index in [1.165, 1.54) is 45.1 Å². The van der Waals surface area contributed by atoms with Crippen LogP contribution in [0.25, 0.3) is 0 Å². The van der Waals surface area contributed by atoms with Crippen LogP contribution < -0.4 is 5.32 Å². The first kappa shape index (κ1) is 15.0. The molecule has 1 saturated carbocycles. The van der Waals surface area contributed by atoms with Crippen molar-refractivity contribution in [3.63, 3.8) is 0 Å². The maximum Gasteiger partial charge on any atom is 0.00975 e. The number of hydrogen-bond acceptors (Lipinski definition) is 2. The van der Waals surface area contributed by atoms with E-state index in [0.29, 0.717) is 0 Å². The number of nitrogens with zero attached hydrogens (tertiary/aromatic N) is 1. The molecule has 2 nitrogen and oxygen atoms in total. The van der Waals surface area contributed by atoms with Gasteiger partial charge in [-0.25, -0.2) is 0 Å². The lowest BCUT2D eigenvalue weighted by molar-refractivity contribution is 0.120. The molecule has 1 aliphatic rings. The standard InChI is InChI=1S/C15H32N2/c1-5-16-11-7-9-14(3)17(4)15-10-6-8-13(2)12-15/h13-16H,5-12H2,1-4H3. The first-order valence-corrected chi connectivity index (χ1v) is 7.57. The van der Waals surface area contributed by atoms with Gasteiger partial charge in [0, 0.05) is 12.1 Å². The fourth-order valence-corrected chi connectivity index (χ4v) is 3.03. The molecule has 3 unspecified atom stereocenters. The van der Waals surface area contributed by atoms with Gasteiger partial charge in [-0.15, -0.1) is 0 Å². The van der Waals surface area contributed by atoms with Crippen molar-refractivity contribution in [2.45, 2.75) is 71.4 Å². The second-order valence-electron chi connectivity index (χ2n) is 5.94. The zero-order valence-electron chi connectivity index (χ0n) is 12.3. The zero-order valence-corrected chi connectivity index (χ0v) is 12.3. The van der Waals surface area contributed by atoms with Gasteiger partial charge in [-0.2, -0.15) is 0 Å². The van der Waals surface area contributed by atoms with Crippen molar-refractivity contribution in [3.8, 4) is 0 Å². The molecule has 0 radical (unpaired) electrons. The Morgan fingerprint density at radius 1 is 1.35 bits per heavy atom. The molecule has 0 spiro atoms. The highest BCUT2D eigenvalue weighted by Crippen LogP contribution is 2.28. The summed E-state index contributed by atoms with van der Waals surface area (Å²) in [6.45, 7) is 9.26. The normalized spacial score (nSPS) is 27.4. The van der Waals surface area contributed by atoms with Crippen LogP contribution in [0.15, 0.2) is 0 Å². The van der Waals surface area contributed by atoms with Crippen molar-refractivity contribution in [3.05, 3.63) is 0 Å². The van der Waals surface area contributed by atoms with Gasteiger partial charge in [0.1, 0.15) is 0 Å². The fraction of sp³-hybridized carbons (Fsp3) is 1.00. The third kappa shape index (κ3) is 5.39. The van der Waals surface area contributed by atoms with E-state index in [1.54, 1.807) is 0 Å². The zero-order chi connectivity index (χ0) is 12.7. The summed E-state index contributed by atoms with van der Waals surface area (Å²) in [5.74, 6) is 0.935. The van der Waals surface area contributed by atoms with Crippen LogP contribution in [-0.4, -0.2) is 37.1 Å². The SMILES string of the molecule is CCNCCCC(C)N(C)C1CCCC(C)C1. The van der Waals surface area contributed by atoms with E-state index >= 15 is 0 Å². The Morgan fingerprint density at radius 2 is 2.12 bits per heavy atom. The van der Waals surface area contributed by atoms with E-state index in [2.05, 4.69) is 38.0 Å². The van der Waals surface area contributed by atoms with Gasteiger partial charge >= 0.3 is 0 Å². The highest BCUT2D eigenvalue weighted by atomic mass is 15.2. The molecule has 0 aromatic rings. The van der Waals surface area contributed by atoms with E-state index in [4.69, 9.17) is 0 Å². The molecule has 102 valence electrons. The molecular weight excluding hydrogens is 208 g/mol. The summed E-state index contributed by atoms with van der Waals surface area (Å²) in [5.41, 5.74) is 0. The lowest BCUT2D eigenvalue weighted by atomic mass is 9.86. The van der Waals surface area contributed by atoms with Crippen molar-refractivity contribution in [2.24, 2.45) is 5.92 Å². The van der Waals surface area contributed by atoms with E-state index < -0.39 is 0 Å². The Labute approximate surface area is 108 Å². The summed E-state index contributed by atoms with van der Waals surface area (Å²) in [6.07, 6.45) is 8.34. The minimum Gasteiger partial charge on any atom is -0.317 e. The molecule has 1 aliphatic carbocycles. The highest BCUT2D eigenvalue weighted by molar-refractivity contribution is 4.80. The van der Waals surface area contributed by atoms with Gasteiger partial charge in [0.25, 0.3) is 0 Å². The molecule has 0 bridgehead atoms. The third-order valence-corrected chi connectivity index (χ3v) is 4.41. The molecule has 0 aromatic carbocycles. The van der Waals surface area contributed by atoms with Gasteiger partial charge in [-0.1, -0.05) is 26.7 Å². The predicted molar refractivity (Wildman–Crippen MR) is 76.4 cm³/mol. The summed E-state index contributed by atoms with van der Waals surface area (Å²) < 4.78 is 0. The predicted octanol–water partition coefficient (Wildman–Crippen LogP) is 3.28. The molecular formula is C15H32N2. The first-order valence-electron chi connectivity index (χ1n) is 7.57. The van der Waals surface area contributed by atoms with Gasteiger partial charge in [0.15, 0.2) is 0 Å². The molecule has 0 aromatic heterocycles. The van der Waals surface area contributed by atoms with Crippen molar-refractivity contribution in [1.29, 1.82) is 0 Å². The Morgan fingerprint density at radius 3 is 2.76 bits per heavy atom. The monoisotopic (exact) mass is 240 g/mol. The Balaban J connectivity index is 2.22. The summed E-state index contributed by atoms with van der Waals surface area (Å²) in [6, 6.07) is 1.58. The fourth-order valence-electron chi connectivity index (χ4n) is 3.03. The van der Waals surface area contributed by atoms with Gasteiger partial charge in [0.2, 0.25) is 0 Å². The summed E-state index contributed by atoms with van der Waals surface area (Å²) in [5, 5.41) is 3.41. The molecule has 2 heteroatoms. The van der Waals surface area contributed by atoms with Crippen LogP contribution in [0.3, 0.4) is 0 Å². The molecule has 17 heavy (non-hydrogen) atoms. The van der Waals surface area contributed by atoms with Gasteiger partial charge < -0.3 is 10.2 Å². The highest BCUT2D eigenvalue weighted by Gasteiger charge is 2.24. The number of rotatable bonds is 7. The molecule has 3 atom stereocenters. The van der Waals surface area contributed by atoms with Crippen molar-refractivity contribution >= 4 is 0 Å². The molecule has 1 fully saturated rings. The lowest BCUT2D eigenvalue weighted by Crippen LogP contribution is -2.41.